The van der Waals surface area contributed by atoms with Crippen LogP contribution in [0.5, 0.6) is 11.5 Å². The molecule has 0 saturated heterocycles. The first-order chi connectivity index (χ1) is 24.5. The van der Waals surface area contributed by atoms with Crippen molar-refractivity contribution in [1.82, 2.24) is 16.0 Å². The largest absolute Gasteiger partial charge is 0.489 e. The lowest BCUT2D eigenvalue weighted by molar-refractivity contribution is -0.145. The number of rotatable bonds is 6. The highest BCUT2D eigenvalue weighted by molar-refractivity contribution is 6.09. The number of amides is 3. The molecule has 2 atom stereocenters. The third-order valence-electron chi connectivity index (χ3n) is 8.31. The monoisotopic (exact) mass is 695 g/mol. The molecule has 51 heavy (non-hydrogen) atoms. The lowest BCUT2D eigenvalue weighted by atomic mass is 9.92. The molecule has 3 N–H and O–H groups in total. The number of hydrogen-bond acceptors (Lipinski definition) is 8. The van der Waals surface area contributed by atoms with Crippen molar-refractivity contribution >= 4 is 45.4 Å². The van der Waals surface area contributed by atoms with Gasteiger partial charge < -0.3 is 34.9 Å². The van der Waals surface area contributed by atoms with Crippen LogP contribution >= 0.6 is 0 Å². The maximum atomic E-state index is 13.6. The second kappa shape index (κ2) is 16.9. The van der Waals surface area contributed by atoms with Crippen LogP contribution < -0.4 is 25.4 Å². The maximum Gasteiger partial charge on any atom is 0.407 e. The Bertz CT molecular complexity index is 1920. The van der Waals surface area contributed by atoms with Crippen LogP contribution in [0.2, 0.25) is 0 Å². The Kier molecular flexibility index (Phi) is 12.2. The zero-order valence-corrected chi connectivity index (χ0v) is 29.5. The van der Waals surface area contributed by atoms with Crippen LogP contribution in [-0.2, 0) is 23.9 Å². The molecule has 0 aliphatic carbocycles. The zero-order valence-electron chi connectivity index (χ0n) is 29.5. The third-order valence-corrected chi connectivity index (χ3v) is 8.31. The second-order valence-corrected chi connectivity index (χ2v) is 13.3. The van der Waals surface area contributed by atoms with Gasteiger partial charge >= 0.3 is 12.1 Å². The van der Waals surface area contributed by atoms with Crippen LogP contribution in [-0.4, -0.2) is 68.4 Å². The van der Waals surface area contributed by atoms with Gasteiger partial charge in [-0.25, -0.2) is 9.59 Å². The summed E-state index contributed by atoms with van der Waals surface area (Å²) in [7, 11) is 1.25. The third kappa shape index (κ3) is 9.78. The Morgan fingerprint density at radius 2 is 1.45 bits per heavy atom. The molecule has 0 fully saturated rings. The minimum Gasteiger partial charge on any atom is -0.489 e. The molecule has 0 aromatic heterocycles. The van der Waals surface area contributed by atoms with Crippen molar-refractivity contribution in [2.75, 3.05) is 26.9 Å². The van der Waals surface area contributed by atoms with E-state index in [0.29, 0.717) is 30.9 Å². The summed E-state index contributed by atoms with van der Waals surface area (Å²) in [6, 6.07) is 21.7. The zero-order chi connectivity index (χ0) is 36.4. The molecule has 1 aliphatic rings. The van der Waals surface area contributed by atoms with E-state index in [0.717, 1.165) is 32.7 Å². The van der Waals surface area contributed by atoms with E-state index in [1.54, 1.807) is 32.9 Å². The summed E-state index contributed by atoms with van der Waals surface area (Å²) in [5.41, 5.74) is 0.972. The Labute approximate surface area is 297 Å². The van der Waals surface area contributed by atoms with Crippen LogP contribution in [0.25, 0.3) is 32.7 Å². The van der Waals surface area contributed by atoms with Gasteiger partial charge in [0.2, 0.25) is 5.91 Å². The quantitative estimate of drug-likeness (QED) is 0.123. The smallest absolute Gasteiger partial charge is 0.407 e. The normalized spacial score (nSPS) is 17.7. The molecule has 4 aromatic carbocycles. The predicted molar refractivity (Wildman–Crippen MR) is 196 cm³/mol. The SMILES string of the molecule is COC(=O)[C@@H]1C/C=C/COc2ccc3ccccc3c2-c2c(ccc3ccccc23)OCC(=O)N[C@H](CCCCNC(=O)OC(C)(C)C)C(=O)N1. The van der Waals surface area contributed by atoms with Gasteiger partial charge in [-0.3, -0.25) is 9.59 Å². The number of carbonyl (C=O) groups is 4. The highest BCUT2D eigenvalue weighted by Gasteiger charge is 2.27. The van der Waals surface area contributed by atoms with Crippen molar-refractivity contribution in [2.45, 2.75) is 64.1 Å². The summed E-state index contributed by atoms with van der Waals surface area (Å²) in [5.74, 6) is -0.592. The Morgan fingerprint density at radius 3 is 2.08 bits per heavy atom. The van der Waals surface area contributed by atoms with E-state index in [2.05, 4.69) is 16.0 Å². The van der Waals surface area contributed by atoms with Gasteiger partial charge in [0.05, 0.1) is 7.11 Å². The Balaban J connectivity index is 1.46. The topological polar surface area (TPSA) is 141 Å². The molecule has 268 valence electrons. The first-order valence-corrected chi connectivity index (χ1v) is 17.1. The van der Waals surface area contributed by atoms with Crippen LogP contribution in [0.4, 0.5) is 4.79 Å². The number of benzene rings is 4. The number of nitrogens with one attached hydrogen (secondary N) is 3. The number of carbonyl (C=O) groups excluding carboxylic acids is 4. The van der Waals surface area contributed by atoms with Crippen LogP contribution in [0, 0.1) is 0 Å². The highest BCUT2D eigenvalue weighted by Crippen LogP contribution is 2.45. The van der Waals surface area contributed by atoms with Gasteiger partial charge in [0.25, 0.3) is 5.91 Å². The van der Waals surface area contributed by atoms with Gasteiger partial charge in [0, 0.05) is 17.7 Å². The van der Waals surface area contributed by atoms with E-state index in [1.165, 1.54) is 7.11 Å². The molecule has 4 aromatic rings. The molecule has 0 spiro atoms. The van der Waals surface area contributed by atoms with E-state index in [-0.39, 0.29) is 26.1 Å². The van der Waals surface area contributed by atoms with Crippen molar-refractivity contribution in [1.29, 1.82) is 0 Å². The molecule has 11 heteroatoms. The number of ether oxygens (including phenoxy) is 4. The first-order valence-electron chi connectivity index (χ1n) is 17.1. The Morgan fingerprint density at radius 1 is 0.824 bits per heavy atom. The minimum atomic E-state index is -0.995. The van der Waals surface area contributed by atoms with Crippen molar-refractivity contribution < 1.29 is 38.1 Å². The average molecular weight is 696 g/mol. The van der Waals surface area contributed by atoms with Crippen LogP contribution in [0.1, 0.15) is 46.5 Å². The van der Waals surface area contributed by atoms with Crippen LogP contribution in [0.3, 0.4) is 0 Å². The van der Waals surface area contributed by atoms with Gasteiger partial charge in [-0.1, -0.05) is 72.8 Å². The maximum absolute atomic E-state index is 13.6. The molecule has 5 rings (SSSR count). The van der Waals surface area contributed by atoms with E-state index in [1.807, 2.05) is 72.8 Å². The first kappa shape index (κ1) is 36.7. The van der Waals surface area contributed by atoms with Crippen molar-refractivity contribution in [3.63, 3.8) is 0 Å². The molecule has 1 heterocycles. The molecule has 0 bridgehead atoms. The number of alkyl carbamates (subject to hydrolysis) is 1. The van der Waals surface area contributed by atoms with Crippen molar-refractivity contribution in [2.24, 2.45) is 0 Å². The fourth-order valence-electron chi connectivity index (χ4n) is 5.95. The summed E-state index contributed by atoms with van der Waals surface area (Å²) in [6.45, 7) is 5.47. The molecule has 1 aliphatic heterocycles. The standard InChI is InChI=1S/C40H45N3O8/c1-40(2,3)51-39(47)41-23-11-9-17-30-37(45)43-31(38(46)48-4)18-10-12-24-49-32-21-19-26-13-5-7-15-28(26)35(32)36-29-16-8-6-14-27(29)20-22-33(36)50-25-34(44)42-30/h5-8,10,12-16,19-22,30-31H,9,11,17-18,23-25H2,1-4H3,(H,41,47)(H,42,44)(H,43,45)/b12-10+/t30-,31+/m1/s1. The lowest BCUT2D eigenvalue weighted by Crippen LogP contribution is -2.52. The molecular weight excluding hydrogens is 650 g/mol. The van der Waals surface area contributed by atoms with E-state index in [9.17, 15) is 19.2 Å². The summed E-state index contributed by atoms with van der Waals surface area (Å²) >= 11 is 0. The van der Waals surface area contributed by atoms with E-state index in [4.69, 9.17) is 18.9 Å². The molecular formula is C40H45N3O8. The second-order valence-electron chi connectivity index (χ2n) is 13.3. The minimum absolute atomic E-state index is 0.142. The summed E-state index contributed by atoms with van der Waals surface area (Å²) in [6.07, 6.45) is 4.39. The van der Waals surface area contributed by atoms with Crippen molar-refractivity contribution in [3.8, 4) is 22.6 Å². The number of methoxy groups -OCH3 is 1. The van der Waals surface area contributed by atoms with E-state index >= 15 is 0 Å². The fourth-order valence-corrected chi connectivity index (χ4v) is 5.95. The van der Waals surface area contributed by atoms with Crippen molar-refractivity contribution in [3.05, 3.63) is 84.9 Å². The van der Waals surface area contributed by atoms with Gasteiger partial charge in [-0.2, -0.15) is 0 Å². The van der Waals surface area contributed by atoms with Gasteiger partial charge in [0.1, 0.15) is 35.8 Å². The lowest BCUT2D eigenvalue weighted by Gasteiger charge is -2.22. The molecule has 0 saturated carbocycles. The summed E-state index contributed by atoms with van der Waals surface area (Å²) in [4.78, 5) is 51.8. The van der Waals surface area contributed by atoms with Gasteiger partial charge in [0.15, 0.2) is 6.61 Å². The predicted octanol–water partition coefficient (Wildman–Crippen LogP) is 6.22. The molecule has 3 amide bonds. The number of unbranched alkanes of at least 4 members (excludes halogenated alkanes) is 1. The summed E-state index contributed by atoms with van der Waals surface area (Å²) < 4.78 is 22.9. The number of esters is 1. The Hall–Kier alpha value is -5.58. The fraction of sp³-hybridized carbons (Fsp3) is 0.350. The molecule has 11 nitrogen and oxygen atoms in total. The average Bonchev–Trinajstić information content (AvgIpc) is 3.11. The van der Waals surface area contributed by atoms with Gasteiger partial charge in [-0.05, 0) is 80.1 Å². The molecule has 0 unspecified atom stereocenters. The summed E-state index contributed by atoms with van der Waals surface area (Å²) in [5, 5.41) is 12.1. The van der Waals surface area contributed by atoms with E-state index < -0.39 is 41.6 Å². The molecule has 0 radical (unpaired) electrons. The number of hydrogen-bond donors (Lipinski definition) is 3. The highest BCUT2D eigenvalue weighted by atomic mass is 16.6. The van der Waals surface area contributed by atoms with Crippen LogP contribution in [0.15, 0.2) is 84.9 Å². The number of fused-ring (bicyclic) bond motifs is 7. The van der Waals surface area contributed by atoms with Gasteiger partial charge in [-0.15, -0.1) is 0 Å².